The summed E-state index contributed by atoms with van der Waals surface area (Å²) in [6.45, 7) is 7.05. The Morgan fingerprint density at radius 2 is 1.08 bits per heavy atom. The Balaban J connectivity index is 0.000000333. The summed E-state index contributed by atoms with van der Waals surface area (Å²) in [7, 11) is -6.56. The highest BCUT2D eigenvalue weighted by Gasteiger charge is 2.44. The van der Waals surface area contributed by atoms with Crippen LogP contribution in [0.3, 0.4) is 0 Å². The van der Waals surface area contributed by atoms with E-state index in [1.165, 1.54) is 10.4 Å². The second-order valence-electron chi connectivity index (χ2n) is 6.28. The van der Waals surface area contributed by atoms with Crippen LogP contribution in [0.4, 0.5) is 13.2 Å². The van der Waals surface area contributed by atoms with Crippen LogP contribution in [0, 0.1) is 0 Å². The van der Waals surface area contributed by atoms with Crippen molar-refractivity contribution in [3.05, 3.63) is 60.7 Å². The van der Waals surface area contributed by atoms with Crippen molar-refractivity contribution in [2.45, 2.75) is 31.3 Å². The molecule has 0 aromatic heterocycles. The SMILES string of the molecule is CC(C)(C)[Si](c1ccccc1)c1ccccc1.O=S(=O)(O)C(F)(F)F. The first-order chi connectivity index (χ1) is 11.3. The van der Waals surface area contributed by atoms with Crippen LogP contribution in [0.5, 0.6) is 0 Å². The van der Waals surface area contributed by atoms with Crippen molar-refractivity contribution in [2.24, 2.45) is 0 Å². The molecule has 0 heterocycles. The predicted octanol–water partition coefficient (Wildman–Crippen LogP) is 3.49. The van der Waals surface area contributed by atoms with Gasteiger partial charge < -0.3 is 0 Å². The summed E-state index contributed by atoms with van der Waals surface area (Å²) in [4.78, 5) is 0. The molecule has 8 heteroatoms. The Labute approximate surface area is 147 Å². The molecule has 3 nitrogen and oxygen atoms in total. The van der Waals surface area contributed by atoms with Gasteiger partial charge in [0.25, 0.3) is 0 Å². The van der Waals surface area contributed by atoms with Crippen molar-refractivity contribution < 1.29 is 26.1 Å². The van der Waals surface area contributed by atoms with Crippen LogP contribution in [-0.4, -0.2) is 27.3 Å². The monoisotopic (exact) mass is 389 g/mol. The largest absolute Gasteiger partial charge is 0.522 e. The lowest BCUT2D eigenvalue weighted by Crippen LogP contribution is -2.48. The second kappa shape index (κ2) is 8.16. The molecule has 1 N–H and O–H groups in total. The molecule has 0 aliphatic rings. The van der Waals surface area contributed by atoms with E-state index in [4.69, 9.17) is 13.0 Å². The van der Waals surface area contributed by atoms with Gasteiger partial charge in [0.05, 0.1) is 0 Å². The maximum atomic E-state index is 10.7. The summed E-state index contributed by atoms with van der Waals surface area (Å²) in [6, 6.07) is 21.9. The van der Waals surface area contributed by atoms with Gasteiger partial charge in [0, 0.05) is 0 Å². The predicted molar refractivity (Wildman–Crippen MR) is 95.2 cm³/mol. The van der Waals surface area contributed by atoms with Gasteiger partial charge in [-0.25, -0.2) is 0 Å². The lowest BCUT2D eigenvalue weighted by atomic mass is 10.2. The van der Waals surface area contributed by atoms with E-state index in [-0.39, 0.29) is 0 Å². The van der Waals surface area contributed by atoms with Gasteiger partial charge in [-0.15, -0.1) is 0 Å². The van der Waals surface area contributed by atoms with Gasteiger partial charge in [0.15, 0.2) is 0 Å². The molecule has 2 aromatic carbocycles. The Morgan fingerprint density at radius 3 is 1.28 bits per heavy atom. The fraction of sp³-hybridized carbons (Fsp3) is 0.294. The van der Waals surface area contributed by atoms with Crippen LogP contribution in [-0.2, 0) is 10.1 Å². The van der Waals surface area contributed by atoms with E-state index in [0.29, 0.717) is 5.04 Å². The fourth-order valence-corrected chi connectivity index (χ4v) is 5.36. The molecule has 0 fully saturated rings. The van der Waals surface area contributed by atoms with Crippen LogP contribution in [0.25, 0.3) is 0 Å². The van der Waals surface area contributed by atoms with Crippen LogP contribution in [0.1, 0.15) is 20.8 Å². The lowest BCUT2D eigenvalue weighted by Gasteiger charge is -2.29. The molecule has 0 unspecified atom stereocenters. The number of rotatable bonds is 2. The van der Waals surface area contributed by atoms with Crippen molar-refractivity contribution in [2.75, 3.05) is 0 Å². The molecule has 0 bridgehead atoms. The van der Waals surface area contributed by atoms with Crippen LogP contribution in [0.15, 0.2) is 60.7 Å². The van der Waals surface area contributed by atoms with Gasteiger partial charge in [0.1, 0.15) is 8.80 Å². The summed E-state index contributed by atoms with van der Waals surface area (Å²) in [5.41, 5.74) is -5.53. The fourth-order valence-electron chi connectivity index (χ4n) is 2.24. The van der Waals surface area contributed by atoms with E-state index in [0.717, 1.165) is 0 Å². The number of hydrogen-bond donors (Lipinski definition) is 1. The zero-order valence-corrected chi connectivity index (χ0v) is 15.9. The van der Waals surface area contributed by atoms with E-state index in [1.807, 2.05) is 0 Å². The maximum absolute atomic E-state index is 10.7. The molecular formula is C17H20F3O3SSi. The van der Waals surface area contributed by atoms with Crippen molar-refractivity contribution in [3.63, 3.8) is 0 Å². The zero-order valence-electron chi connectivity index (χ0n) is 14.1. The van der Waals surface area contributed by atoms with E-state index in [2.05, 4.69) is 81.4 Å². The van der Waals surface area contributed by atoms with E-state index < -0.39 is 24.4 Å². The Morgan fingerprint density at radius 1 is 0.800 bits per heavy atom. The molecule has 25 heavy (non-hydrogen) atoms. The normalized spacial score (nSPS) is 12.5. The molecule has 137 valence electrons. The highest BCUT2D eigenvalue weighted by atomic mass is 32.2. The molecular weight excluding hydrogens is 369 g/mol. The average Bonchev–Trinajstić information content (AvgIpc) is 2.47. The average molecular weight is 389 g/mol. The molecule has 2 rings (SSSR count). The summed E-state index contributed by atoms with van der Waals surface area (Å²) in [5.74, 6) is 0. The molecule has 2 aromatic rings. The van der Waals surface area contributed by atoms with E-state index in [9.17, 15) is 13.2 Å². The summed E-state index contributed by atoms with van der Waals surface area (Å²) in [5, 5.41) is 3.32. The quantitative estimate of drug-likeness (QED) is 0.486. The number of benzene rings is 2. The Hall–Kier alpha value is -1.64. The van der Waals surface area contributed by atoms with Gasteiger partial charge in [-0.2, -0.15) is 21.6 Å². The first-order valence-electron chi connectivity index (χ1n) is 7.36. The molecule has 0 aliphatic carbocycles. The smallest absolute Gasteiger partial charge is 0.279 e. The molecule has 0 aliphatic heterocycles. The van der Waals surface area contributed by atoms with E-state index >= 15 is 0 Å². The summed E-state index contributed by atoms with van der Waals surface area (Å²) < 4.78 is 57.5. The third-order valence-corrected chi connectivity index (χ3v) is 7.07. The minimum Gasteiger partial charge on any atom is -0.279 e. The topological polar surface area (TPSA) is 54.4 Å². The second-order valence-corrected chi connectivity index (χ2v) is 11.1. The highest BCUT2D eigenvalue weighted by molar-refractivity contribution is 7.86. The minimum absolute atomic E-state index is 0.327. The highest BCUT2D eigenvalue weighted by Crippen LogP contribution is 2.26. The molecule has 0 amide bonds. The first-order valence-corrected chi connectivity index (χ1v) is 10.3. The summed E-state index contributed by atoms with van der Waals surface area (Å²) in [6.07, 6.45) is 0. The molecule has 0 spiro atoms. The molecule has 0 atom stereocenters. The third-order valence-electron chi connectivity index (χ3n) is 3.17. The number of alkyl halides is 3. The van der Waals surface area contributed by atoms with Crippen molar-refractivity contribution >= 4 is 29.3 Å². The van der Waals surface area contributed by atoms with Crippen LogP contribution >= 0.6 is 0 Å². The van der Waals surface area contributed by atoms with Crippen molar-refractivity contribution in [3.8, 4) is 0 Å². The molecule has 0 saturated heterocycles. The lowest BCUT2D eigenvalue weighted by molar-refractivity contribution is -0.0510. The summed E-state index contributed by atoms with van der Waals surface area (Å²) >= 11 is 0. The van der Waals surface area contributed by atoms with Gasteiger partial charge in [0.2, 0.25) is 0 Å². The first kappa shape index (κ1) is 21.4. The molecule has 1 radical (unpaired) electrons. The van der Waals surface area contributed by atoms with Gasteiger partial charge in [-0.05, 0) is 5.04 Å². The third kappa shape index (κ3) is 6.64. The van der Waals surface area contributed by atoms with Gasteiger partial charge in [-0.3, -0.25) is 4.55 Å². The van der Waals surface area contributed by atoms with Crippen molar-refractivity contribution in [1.29, 1.82) is 0 Å². The number of halogens is 3. The standard InChI is InChI=1S/C16H19Si.CHF3O3S/c1-16(2,3)17(14-10-6-4-7-11-14)15-12-8-5-9-13-15;2-1(3,4)8(5,6)7/h4-13H,1-3H3;(H,5,6,7). The van der Waals surface area contributed by atoms with Gasteiger partial charge in [-0.1, -0.05) is 91.8 Å². The van der Waals surface area contributed by atoms with E-state index in [1.54, 1.807) is 0 Å². The van der Waals surface area contributed by atoms with Crippen molar-refractivity contribution in [1.82, 2.24) is 0 Å². The van der Waals surface area contributed by atoms with Crippen LogP contribution < -0.4 is 10.4 Å². The Kier molecular flexibility index (Phi) is 6.98. The maximum Gasteiger partial charge on any atom is 0.522 e. The van der Waals surface area contributed by atoms with Crippen LogP contribution in [0.2, 0.25) is 5.04 Å². The number of hydrogen-bond acceptors (Lipinski definition) is 2. The molecule has 0 saturated carbocycles. The minimum atomic E-state index is -5.84. The Bertz CT molecular complexity index is 716. The van der Waals surface area contributed by atoms with Gasteiger partial charge >= 0.3 is 15.6 Å². The zero-order chi connectivity index (χ0) is 19.3.